The zero-order chi connectivity index (χ0) is 13.1. The molecule has 0 aromatic carbocycles. The van der Waals surface area contributed by atoms with E-state index in [2.05, 4.69) is 6.92 Å². The Morgan fingerprint density at radius 2 is 1.78 bits per heavy atom. The van der Waals surface area contributed by atoms with Gasteiger partial charge in [-0.1, -0.05) is 45.4 Å². The Bertz CT molecular complexity index is 207. The zero-order valence-corrected chi connectivity index (χ0v) is 12.1. The van der Waals surface area contributed by atoms with E-state index >= 15 is 0 Å². The summed E-state index contributed by atoms with van der Waals surface area (Å²) in [5.41, 5.74) is 0. The van der Waals surface area contributed by atoms with E-state index in [9.17, 15) is 4.79 Å². The molecule has 106 valence electrons. The molecule has 1 heterocycles. The van der Waals surface area contributed by atoms with Crippen molar-refractivity contribution in [2.24, 2.45) is 0 Å². The molecule has 0 aliphatic carbocycles. The Labute approximate surface area is 112 Å². The molecular formula is C16H30O2. The molecule has 1 aliphatic heterocycles. The molecule has 1 rings (SSSR count). The lowest BCUT2D eigenvalue weighted by Gasteiger charge is -2.21. The van der Waals surface area contributed by atoms with Gasteiger partial charge in [0, 0.05) is 19.4 Å². The van der Waals surface area contributed by atoms with Gasteiger partial charge in [-0.2, -0.15) is 0 Å². The highest BCUT2D eigenvalue weighted by molar-refractivity contribution is 5.78. The van der Waals surface area contributed by atoms with Crippen LogP contribution in [0.5, 0.6) is 0 Å². The topological polar surface area (TPSA) is 26.3 Å². The van der Waals surface area contributed by atoms with Gasteiger partial charge in [0.15, 0.2) is 0 Å². The minimum Gasteiger partial charge on any atom is -0.378 e. The molecule has 1 aliphatic rings. The lowest BCUT2D eigenvalue weighted by molar-refractivity contribution is -0.122. The van der Waals surface area contributed by atoms with E-state index in [4.69, 9.17) is 4.74 Å². The highest BCUT2D eigenvalue weighted by Gasteiger charge is 2.16. The number of ketones is 1. The number of hydrogen-bond acceptors (Lipinski definition) is 2. The summed E-state index contributed by atoms with van der Waals surface area (Å²) >= 11 is 0. The first-order valence-corrected chi connectivity index (χ1v) is 7.96. The molecule has 2 nitrogen and oxygen atoms in total. The van der Waals surface area contributed by atoms with Crippen LogP contribution < -0.4 is 0 Å². The number of hydrogen-bond donors (Lipinski definition) is 0. The fourth-order valence-electron chi connectivity index (χ4n) is 2.60. The van der Waals surface area contributed by atoms with Crippen molar-refractivity contribution >= 4 is 5.78 Å². The number of carbonyl (C=O) groups is 1. The molecule has 0 radical (unpaired) electrons. The Hall–Kier alpha value is -0.370. The van der Waals surface area contributed by atoms with E-state index in [1.165, 1.54) is 51.4 Å². The van der Waals surface area contributed by atoms with Gasteiger partial charge in [0.25, 0.3) is 0 Å². The van der Waals surface area contributed by atoms with Crippen LogP contribution in [0.4, 0.5) is 0 Å². The van der Waals surface area contributed by atoms with E-state index < -0.39 is 0 Å². The number of Topliss-reactive ketones (excluding diaryl/α,β-unsaturated/α-hetero) is 1. The third-order valence-electron chi connectivity index (χ3n) is 3.79. The third-order valence-corrected chi connectivity index (χ3v) is 3.79. The molecule has 0 aromatic heterocycles. The maximum atomic E-state index is 11.8. The molecule has 1 atom stereocenters. The summed E-state index contributed by atoms with van der Waals surface area (Å²) in [7, 11) is 0. The highest BCUT2D eigenvalue weighted by Crippen LogP contribution is 2.17. The summed E-state index contributed by atoms with van der Waals surface area (Å²) in [5, 5.41) is 0. The van der Waals surface area contributed by atoms with E-state index in [-0.39, 0.29) is 6.10 Å². The number of rotatable bonds is 10. The van der Waals surface area contributed by atoms with E-state index in [1.807, 2.05) is 0 Å². The summed E-state index contributed by atoms with van der Waals surface area (Å²) in [6.45, 7) is 3.10. The number of unbranched alkanes of at least 4 members (excludes halogenated alkanes) is 6. The largest absolute Gasteiger partial charge is 0.378 e. The van der Waals surface area contributed by atoms with Crippen LogP contribution in [0.2, 0.25) is 0 Å². The minimum atomic E-state index is 0.232. The Balaban J connectivity index is 1.90. The molecular weight excluding hydrogens is 224 g/mol. The molecule has 0 aromatic rings. The van der Waals surface area contributed by atoms with Gasteiger partial charge in [0.2, 0.25) is 0 Å². The van der Waals surface area contributed by atoms with Crippen molar-refractivity contribution in [1.82, 2.24) is 0 Å². The van der Waals surface area contributed by atoms with E-state index in [1.54, 1.807) is 0 Å². The van der Waals surface area contributed by atoms with Crippen LogP contribution in [0.3, 0.4) is 0 Å². The second kappa shape index (κ2) is 10.5. The standard InChI is InChI=1S/C16H30O2/c1-2-3-4-5-6-7-8-11-15(17)14-16-12-9-10-13-18-16/h16H,2-14H2,1H3. The van der Waals surface area contributed by atoms with Crippen LogP contribution in [-0.4, -0.2) is 18.5 Å². The SMILES string of the molecule is CCCCCCCCCC(=O)CC1CCCCO1. The fourth-order valence-corrected chi connectivity index (χ4v) is 2.60. The van der Waals surface area contributed by atoms with Gasteiger partial charge < -0.3 is 4.74 Å². The predicted molar refractivity (Wildman–Crippen MR) is 75.8 cm³/mol. The number of carbonyl (C=O) groups excluding carboxylic acids is 1. The molecule has 2 heteroatoms. The van der Waals surface area contributed by atoms with Crippen molar-refractivity contribution in [1.29, 1.82) is 0 Å². The van der Waals surface area contributed by atoms with Crippen LogP contribution in [0.25, 0.3) is 0 Å². The average molecular weight is 254 g/mol. The van der Waals surface area contributed by atoms with Gasteiger partial charge in [-0.3, -0.25) is 4.79 Å². The first kappa shape index (κ1) is 15.7. The first-order chi connectivity index (χ1) is 8.83. The average Bonchev–Trinajstić information content (AvgIpc) is 2.39. The van der Waals surface area contributed by atoms with Crippen molar-refractivity contribution in [2.45, 2.75) is 90.1 Å². The predicted octanol–water partition coefficient (Wildman–Crippen LogP) is 4.66. The van der Waals surface area contributed by atoms with Gasteiger partial charge in [-0.25, -0.2) is 0 Å². The quantitative estimate of drug-likeness (QED) is 0.530. The van der Waals surface area contributed by atoms with E-state index in [0.29, 0.717) is 12.2 Å². The van der Waals surface area contributed by atoms with Gasteiger partial charge >= 0.3 is 0 Å². The third kappa shape index (κ3) is 7.86. The normalized spacial score (nSPS) is 19.9. The summed E-state index contributed by atoms with van der Waals surface area (Å²) in [6.07, 6.45) is 14.1. The fraction of sp³-hybridized carbons (Fsp3) is 0.938. The summed E-state index contributed by atoms with van der Waals surface area (Å²) in [5.74, 6) is 0.412. The minimum absolute atomic E-state index is 0.232. The Morgan fingerprint density at radius 1 is 1.06 bits per heavy atom. The van der Waals surface area contributed by atoms with Crippen molar-refractivity contribution in [2.75, 3.05) is 6.61 Å². The van der Waals surface area contributed by atoms with Crippen molar-refractivity contribution in [3.05, 3.63) is 0 Å². The summed E-state index contributed by atoms with van der Waals surface area (Å²) in [6, 6.07) is 0. The molecule has 0 bridgehead atoms. The van der Waals surface area contributed by atoms with Gasteiger partial charge in [0.05, 0.1) is 6.10 Å². The maximum absolute atomic E-state index is 11.8. The monoisotopic (exact) mass is 254 g/mol. The van der Waals surface area contributed by atoms with Crippen molar-refractivity contribution in [3.8, 4) is 0 Å². The van der Waals surface area contributed by atoms with Crippen LogP contribution >= 0.6 is 0 Å². The molecule has 18 heavy (non-hydrogen) atoms. The van der Waals surface area contributed by atoms with Crippen LogP contribution in [-0.2, 0) is 9.53 Å². The molecule has 1 saturated heterocycles. The highest BCUT2D eigenvalue weighted by atomic mass is 16.5. The molecule has 0 saturated carbocycles. The smallest absolute Gasteiger partial charge is 0.135 e. The second-order valence-electron chi connectivity index (χ2n) is 5.60. The molecule has 0 N–H and O–H groups in total. The Kier molecular flexibility index (Phi) is 9.19. The summed E-state index contributed by atoms with van der Waals surface area (Å²) < 4.78 is 5.60. The van der Waals surface area contributed by atoms with Gasteiger partial charge in [0.1, 0.15) is 5.78 Å². The second-order valence-corrected chi connectivity index (χ2v) is 5.60. The van der Waals surface area contributed by atoms with Gasteiger partial charge in [-0.05, 0) is 25.7 Å². The summed E-state index contributed by atoms with van der Waals surface area (Å²) in [4.78, 5) is 11.8. The van der Waals surface area contributed by atoms with E-state index in [0.717, 1.165) is 25.9 Å². The molecule has 0 spiro atoms. The molecule has 0 amide bonds. The first-order valence-electron chi connectivity index (χ1n) is 7.96. The number of ether oxygens (including phenoxy) is 1. The maximum Gasteiger partial charge on any atom is 0.135 e. The Morgan fingerprint density at radius 3 is 2.44 bits per heavy atom. The van der Waals surface area contributed by atoms with Crippen LogP contribution in [0, 0.1) is 0 Å². The molecule has 1 fully saturated rings. The molecule has 1 unspecified atom stereocenters. The van der Waals surface area contributed by atoms with Crippen LogP contribution in [0.15, 0.2) is 0 Å². The van der Waals surface area contributed by atoms with Gasteiger partial charge in [-0.15, -0.1) is 0 Å². The van der Waals surface area contributed by atoms with Crippen molar-refractivity contribution in [3.63, 3.8) is 0 Å². The van der Waals surface area contributed by atoms with Crippen molar-refractivity contribution < 1.29 is 9.53 Å². The lowest BCUT2D eigenvalue weighted by atomic mass is 10.0. The van der Waals surface area contributed by atoms with Crippen LogP contribution in [0.1, 0.15) is 84.0 Å². The lowest BCUT2D eigenvalue weighted by Crippen LogP contribution is -2.22. The zero-order valence-electron chi connectivity index (χ0n) is 12.1.